The van der Waals surface area contributed by atoms with E-state index >= 15 is 0 Å². The number of ether oxygens (including phenoxy) is 2. The Bertz CT molecular complexity index is 729. The quantitative estimate of drug-likeness (QED) is 0.758. The molecule has 124 valence electrons. The molecule has 2 aliphatic heterocycles. The number of halogens is 1. The molecule has 0 N–H and O–H groups in total. The Balaban J connectivity index is 2.11. The zero-order chi connectivity index (χ0) is 16.7. The highest BCUT2D eigenvalue weighted by molar-refractivity contribution is 6.33. The predicted molar refractivity (Wildman–Crippen MR) is 81.7 cm³/mol. The van der Waals surface area contributed by atoms with Crippen molar-refractivity contribution in [1.82, 2.24) is 9.47 Å². The number of nitrogens with zero attached hydrogens (tertiary/aromatic N) is 2. The van der Waals surface area contributed by atoms with Crippen LogP contribution in [0.3, 0.4) is 0 Å². The molecule has 3 rings (SSSR count). The van der Waals surface area contributed by atoms with Gasteiger partial charge in [-0.15, -0.1) is 0 Å². The summed E-state index contributed by atoms with van der Waals surface area (Å²) in [6.45, 7) is 4.60. The molecule has 2 atom stereocenters. The second kappa shape index (κ2) is 5.98. The lowest BCUT2D eigenvalue weighted by atomic mass is 10.1. The largest absolute Gasteiger partial charge is 0.462 e. The normalized spacial score (nSPS) is 23.3. The Morgan fingerprint density at radius 1 is 1.48 bits per heavy atom. The van der Waals surface area contributed by atoms with Gasteiger partial charge in [0.05, 0.1) is 19.8 Å². The average Bonchev–Trinajstić information content (AvgIpc) is 2.50. The molecule has 8 heteroatoms. The molecule has 1 amide bonds. The molecule has 0 aliphatic carbocycles. The van der Waals surface area contributed by atoms with Gasteiger partial charge in [-0.25, -0.2) is 4.79 Å². The van der Waals surface area contributed by atoms with Crippen molar-refractivity contribution in [3.8, 4) is 0 Å². The average molecular weight is 341 g/mol. The van der Waals surface area contributed by atoms with E-state index in [1.165, 1.54) is 10.8 Å². The highest BCUT2D eigenvalue weighted by Gasteiger charge is 2.40. The van der Waals surface area contributed by atoms with Gasteiger partial charge in [0.2, 0.25) is 5.43 Å². The summed E-state index contributed by atoms with van der Waals surface area (Å²) in [5.74, 6) is -1.10. The number of rotatable bonds is 2. The van der Waals surface area contributed by atoms with Gasteiger partial charge < -0.3 is 18.9 Å². The maximum Gasteiger partial charge on any atom is 0.343 e. The van der Waals surface area contributed by atoms with E-state index in [1.807, 2.05) is 6.92 Å². The van der Waals surface area contributed by atoms with Gasteiger partial charge in [-0.3, -0.25) is 9.59 Å². The highest BCUT2D eigenvalue weighted by atomic mass is 35.5. The first kappa shape index (κ1) is 16.0. The van der Waals surface area contributed by atoms with Crippen molar-refractivity contribution in [2.45, 2.75) is 39.1 Å². The molecule has 1 fully saturated rings. The summed E-state index contributed by atoms with van der Waals surface area (Å²) in [5, 5.41) is -0.253. The van der Waals surface area contributed by atoms with Gasteiger partial charge in [-0.05, 0) is 20.3 Å². The third-order valence-electron chi connectivity index (χ3n) is 4.14. The first-order valence-electron chi connectivity index (χ1n) is 7.50. The van der Waals surface area contributed by atoms with E-state index in [9.17, 15) is 14.4 Å². The van der Waals surface area contributed by atoms with Crippen molar-refractivity contribution in [1.29, 1.82) is 0 Å². The zero-order valence-corrected chi connectivity index (χ0v) is 13.6. The van der Waals surface area contributed by atoms with Crippen LogP contribution in [0.5, 0.6) is 0 Å². The first-order chi connectivity index (χ1) is 11.0. The Kier molecular flexibility index (Phi) is 4.16. The van der Waals surface area contributed by atoms with Crippen LogP contribution in [0.25, 0.3) is 0 Å². The third-order valence-corrected chi connectivity index (χ3v) is 4.49. The number of fused-ring (bicyclic) bond motifs is 2. The summed E-state index contributed by atoms with van der Waals surface area (Å²) in [6, 6.07) is 0.00546. The lowest BCUT2D eigenvalue weighted by molar-refractivity contribution is -0.112. The van der Waals surface area contributed by atoms with Crippen LogP contribution >= 0.6 is 11.6 Å². The van der Waals surface area contributed by atoms with E-state index in [0.29, 0.717) is 13.2 Å². The molecule has 1 saturated heterocycles. The Morgan fingerprint density at radius 3 is 2.91 bits per heavy atom. The van der Waals surface area contributed by atoms with E-state index in [-0.39, 0.29) is 34.8 Å². The summed E-state index contributed by atoms with van der Waals surface area (Å²) in [7, 11) is 0. The fraction of sp³-hybridized carbons (Fsp3) is 0.533. The Hall–Kier alpha value is -1.86. The van der Waals surface area contributed by atoms with Crippen molar-refractivity contribution in [3.63, 3.8) is 0 Å². The van der Waals surface area contributed by atoms with Crippen LogP contribution < -0.4 is 5.43 Å². The van der Waals surface area contributed by atoms with Gasteiger partial charge in [-0.2, -0.15) is 0 Å². The second-order valence-corrected chi connectivity index (χ2v) is 5.96. The van der Waals surface area contributed by atoms with Crippen LogP contribution in [0.15, 0.2) is 11.0 Å². The van der Waals surface area contributed by atoms with Crippen LogP contribution in [0.2, 0.25) is 5.02 Å². The number of carbonyl (C=O) groups excluding carboxylic acids is 2. The van der Waals surface area contributed by atoms with Gasteiger partial charge in [0.1, 0.15) is 16.3 Å². The molecule has 2 aliphatic rings. The van der Waals surface area contributed by atoms with Crippen molar-refractivity contribution in [2.24, 2.45) is 0 Å². The summed E-state index contributed by atoms with van der Waals surface area (Å²) in [6.07, 6.45) is 1.64. The van der Waals surface area contributed by atoms with Crippen molar-refractivity contribution in [2.75, 3.05) is 13.2 Å². The van der Waals surface area contributed by atoms with E-state index < -0.39 is 17.6 Å². The molecular formula is C15H17ClN2O5. The topological polar surface area (TPSA) is 77.8 Å². The first-order valence-corrected chi connectivity index (χ1v) is 7.87. The molecule has 23 heavy (non-hydrogen) atoms. The number of aromatic nitrogens is 1. The zero-order valence-electron chi connectivity index (χ0n) is 12.9. The molecule has 0 aromatic carbocycles. The summed E-state index contributed by atoms with van der Waals surface area (Å²) < 4.78 is 12.0. The van der Waals surface area contributed by atoms with Crippen LogP contribution in [0.4, 0.5) is 0 Å². The van der Waals surface area contributed by atoms with Gasteiger partial charge in [0.15, 0.2) is 6.23 Å². The number of esters is 1. The lowest BCUT2D eigenvalue weighted by Gasteiger charge is -2.44. The standard InChI is InChI=1S/C15H17ClN2O5/c1-3-22-15(21)9-6-17-7-10-18(8(2)4-5-23-10)14(20)12(17)11(16)13(9)19/h6,8,10H,3-5,7H2,1-2H3/t8-,10?/m1/s1. The number of amides is 1. The molecule has 7 nitrogen and oxygen atoms in total. The fourth-order valence-corrected chi connectivity index (χ4v) is 3.28. The second-order valence-electron chi connectivity index (χ2n) is 5.58. The fourth-order valence-electron chi connectivity index (χ4n) is 2.99. The Morgan fingerprint density at radius 2 is 2.22 bits per heavy atom. The van der Waals surface area contributed by atoms with Crippen LogP contribution in [-0.2, 0) is 16.0 Å². The molecule has 0 spiro atoms. The third kappa shape index (κ3) is 2.53. The number of pyridine rings is 1. The minimum atomic E-state index is -0.748. The molecular weight excluding hydrogens is 324 g/mol. The monoisotopic (exact) mass is 340 g/mol. The van der Waals surface area contributed by atoms with Crippen LogP contribution in [0.1, 0.15) is 41.1 Å². The summed E-state index contributed by atoms with van der Waals surface area (Å²) in [5.41, 5.74) is -0.766. The molecule has 1 aromatic rings. The van der Waals surface area contributed by atoms with Gasteiger partial charge >= 0.3 is 5.97 Å². The minimum absolute atomic E-state index is 0.00546. The highest BCUT2D eigenvalue weighted by Crippen LogP contribution is 2.28. The van der Waals surface area contributed by atoms with E-state index in [0.717, 1.165) is 6.42 Å². The van der Waals surface area contributed by atoms with Crippen LogP contribution in [0, 0.1) is 0 Å². The number of carbonyl (C=O) groups is 2. The van der Waals surface area contributed by atoms with Gasteiger partial charge in [0, 0.05) is 12.2 Å². The molecule has 0 saturated carbocycles. The van der Waals surface area contributed by atoms with E-state index in [4.69, 9.17) is 21.1 Å². The molecule has 0 radical (unpaired) electrons. The SMILES string of the molecule is CCOC(=O)c1cn2c(c(Cl)c1=O)C(=O)N1C(C2)OCC[C@H]1C. The van der Waals surface area contributed by atoms with Crippen molar-refractivity contribution < 1.29 is 19.1 Å². The Labute approximate surface area is 137 Å². The molecule has 1 aromatic heterocycles. The lowest BCUT2D eigenvalue weighted by Crippen LogP contribution is -2.57. The number of hydrogen-bond acceptors (Lipinski definition) is 5. The molecule has 3 heterocycles. The van der Waals surface area contributed by atoms with Crippen LogP contribution in [-0.4, -0.2) is 46.8 Å². The summed E-state index contributed by atoms with van der Waals surface area (Å²) in [4.78, 5) is 38.5. The summed E-state index contributed by atoms with van der Waals surface area (Å²) >= 11 is 6.10. The van der Waals surface area contributed by atoms with Crippen molar-refractivity contribution >= 4 is 23.5 Å². The number of hydrogen-bond donors (Lipinski definition) is 0. The molecule has 1 unspecified atom stereocenters. The molecule has 0 bridgehead atoms. The predicted octanol–water partition coefficient (Wildman–Crippen LogP) is 1.27. The maximum absolute atomic E-state index is 12.7. The maximum atomic E-state index is 12.7. The van der Waals surface area contributed by atoms with Crippen molar-refractivity contribution in [3.05, 3.63) is 32.7 Å². The van der Waals surface area contributed by atoms with E-state index in [2.05, 4.69) is 0 Å². The van der Waals surface area contributed by atoms with Gasteiger partial charge in [0.25, 0.3) is 5.91 Å². The van der Waals surface area contributed by atoms with E-state index in [1.54, 1.807) is 11.8 Å². The minimum Gasteiger partial charge on any atom is -0.462 e. The van der Waals surface area contributed by atoms with Gasteiger partial charge in [-0.1, -0.05) is 11.6 Å². The smallest absolute Gasteiger partial charge is 0.343 e.